The summed E-state index contributed by atoms with van der Waals surface area (Å²) in [7, 11) is -9.91. The summed E-state index contributed by atoms with van der Waals surface area (Å²) in [5.74, 6) is 0.900. The van der Waals surface area contributed by atoms with Crippen molar-refractivity contribution >= 4 is 39.5 Å². The molecule has 0 amide bonds. The molecule has 0 aliphatic rings. The number of carbonyl (C=O) groups is 4. The number of hydrogen-bond acceptors (Lipinski definition) is 15. The van der Waals surface area contributed by atoms with Gasteiger partial charge < -0.3 is 33.8 Å². The molecule has 3 N–H and O–H groups in total. The molecular formula is C76H148O17P2. The number of carbonyl (C=O) groups excluding carboxylic acids is 4. The van der Waals surface area contributed by atoms with E-state index in [4.69, 9.17) is 37.0 Å². The molecular weight excluding hydrogens is 1250 g/mol. The first-order valence-corrected chi connectivity index (χ1v) is 42.2. The lowest BCUT2D eigenvalue weighted by molar-refractivity contribution is -0.161. The van der Waals surface area contributed by atoms with Crippen molar-refractivity contribution in [3.63, 3.8) is 0 Å². The van der Waals surface area contributed by atoms with Crippen LogP contribution in [-0.2, 0) is 65.4 Å². The maximum atomic E-state index is 13.1. The Hall–Kier alpha value is -1.94. The second-order valence-electron chi connectivity index (χ2n) is 29.3. The monoisotopic (exact) mass is 1400 g/mol. The van der Waals surface area contributed by atoms with Gasteiger partial charge in [-0.25, -0.2) is 9.13 Å². The van der Waals surface area contributed by atoms with Gasteiger partial charge in [0, 0.05) is 25.7 Å². The van der Waals surface area contributed by atoms with Crippen LogP contribution < -0.4 is 0 Å². The maximum Gasteiger partial charge on any atom is 0.472 e. The van der Waals surface area contributed by atoms with Crippen molar-refractivity contribution in [1.29, 1.82) is 0 Å². The van der Waals surface area contributed by atoms with E-state index < -0.39 is 97.5 Å². The van der Waals surface area contributed by atoms with Gasteiger partial charge in [0.1, 0.15) is 19.3 Å². The number of rotatable bonds is 73. The molecule has 19 heteroatoms. The minimum Gasteiger partial charge on any atom is -0.462 e. The zero-order valence-corrected chi connectivity index (χ0v) is 64.1. The average molecular weight is 1400 g/mol. The summed E-state index contributed by atoms with van der Waals surface area (Å²) in [5, 5.41) is 10.6. The number of hydrogen-bond donors (Lipinski definition) is 3. The van der Waals surface area contributed by atoms with E-state index in [2.05, 4.69) is 55.4 Å². The molecule has 0 aromatic carbocycles. The van der Waals surface area contributed by atoms with Crippen LogP contribution in [0.5, 0.6) is 0 Å². The van der Waals surface area contributed by atoms with Crippen molar-refractivity contribution in [3.8, 4) is 0 Å². The number of aliphatic hydroxyl groups excluding tert-OH is 1. The molecule has 0 aromatic heterocycles. The SMILES string of the molecule is CC(C)CCCCCCCCCCCCCCCCC(=O)O[C@H](COC(=O)CCCCCCCCC(C)C)COP(=O)(O)OCC(O)COP(=O)(O)OC[C@@H](COC(=O)CCCCCCCCCCCCCCC(C)C)OC(=O)CCCCCCCCCCCCCC(C)C. The van der Waals surface area contributed by atoms with E-state index in [0.29, 0.717) is 31.6 Å². The molecule has 564 valence electrons. The first-order chi connectivity index (χ1) is 45.6. The molecule has 0 aromatic rings. The lowest BCUT2D eigenvalue weighted by atomic mass is 10.0. The molecule has 5 atom stereocenters. The Morgan fingerprint density at radius 3 is 0.653 bits per heavy atom. The molecule has 0 radical (unpaired) electrons. The highest BCUT2D eigenvalue weighted by Gasteiger charge is 2.30. The first kappa shape index (κ1) is 93.1. The topological polar surface area (TPSA) is 237 Å². The third kappa shape index (κ3) is 70.3. The van der Waals surface area contributed by atoms with Gasteiger partial charge in [0.2, 0.25) is 0 Å². The predicted octanol–water partition coefficient (Wildman–Crippen LogP) is 22.0. The predicted molar refractivity (Wildman–Crippen MR) is 386 cm³/mol. The van der Waals surface area contributed by atoms with Gasteiger partial charge >= 0.3 is 39.5 Å². The standard InChI is InChI=1S/C76H148O17P2/c1-66(2)52-44-36-28-22-16-11-9-10-12-20-26-32-42-50-58-75(80)93-72(63-87-74(79)57-49-41-35-34-39-47-55-69(7)8)65-91-95(84,85)89-61-70(77)60-88-94(82,83)90-64-71(92-76(81)59-51-43-33-27-21-15-18-24-30-38-46-54-68(5)6)62-86-73(78)56-48-40-31-25-19-14-13-17-23-29-37-45-53-67(3)4/h66-72,77H,9-65H2,1-8H3,(H,82,83)(H,84,85)/t70?,71-,72-/m1/s1. The van der Waals surface area contributed by atoms with Crippen molar-refractivity contribution < 1.29 is 80.2 Å². The Morgan fingerprint density at radius 1 is 0.263 bits per heavy atom. The van der Waals surface area contributed by atoms with Crippen molar-refractivity contribution in [2.24, 2.45) is 23.7 Å². The van der Waals surface area contributed by atoms with Crippen LogP contribution in [0.3, 0.4) is 0 Å². The first-order valence-electron chi connectivity index (χ1n) is 39.2. The number of esters is 4. The quantitative estimate of drug-likeness (QED) is 0.0222. The molecule has 0 saturated heterocycles. The van der Waals surface area contributed by atoms with Gasteiger partial charge in [0.05, 0.1) is 26.4 Å². The van der Waals surface area contributed by atoms with Crippen LogP contribution >= 0.6 is 15.6 Å². The van der Waals surface area contributed by atoms with Gasteiger partial charge in [0.25, 0.3) is 0 Å². The molecule has 0 saturated carbocycles. The summed E-state index contributed by atoms with van der Waals surface area (Å²) in [6, 6.07) is 0. The zero-order valence-electron chi connectivity index (χ0n) is 62.3. The smallest absolute Gasteiger partial charge is 0.462 e. The summed E-state index contributed by atoms with van der Waals surface area (Å²) in [6.45, 7) is 14.2. The van der Waals surface area contributed by atoms with Crippen LogP contribution in [0.25, 0.3) is 0 Å². The third-order valence-electron chi connectivity index (χ3n) is 17.6. The highest BCUT2D eigenvalue weighted by Crippen LogP contribution is 2.45. The van der Waals surface area contributed by atoms with E-state index >= 15 is 0 Å². The second-order valence-corrected chi connectivity index (χ2v) is 32.2. The normalized spacial score (nSPS) is 14.1. The Balaban J connectivity index is 5.23. The van der Waals surface area contributed by atoms with E-state index in [-0.39, 0.29) is 25.7 Å². The minimum absolute atomic E-state index is 0.106. The maximum absolute atomic E-state index is 13.1. The van der Waals surface area contributed by atoms with Crippen LogP contribution in [0.2, 0.25) is 0 Å². The van der Waals surface area contributed by atoms with E-state index in [9.17, 15) is 43.2 Å². The van der Waals surface area contributed by atoms with E-state index in [0.717, 1.165) is 114 Å². The van der Waals surface area contributed by atoms with Crippen LogP contribution in [0.15, 0.2) is 0 Å². The van der Waals surface area contributed by atoms with Gasteiger partial charge in [-0.3, -0.25) is 37.3 Å². The van der Waals surface area contributed by atoms with Crippen LogP contribution in [0.1, 0.15) is 383 Å². The molecule has 95 heavy (non-hydrogen) atoms. The lowest BCUT2D eigenvalue weighted by Gasteiger charge is -2.21. The molecule has 17 nitrogen and oxygen atoms in total. The largest absolute Gasteiger partial charge is 0.472 e. The summed E-state index contributed by atoms with van der Waals surface area (Å²) >= 11 is 0. The minimum atomic E-state index is -4.96. The van der Waals surface area contributed by atoms with Gasteiger partial charge in [-0.1, -0.05) is 331 Å². The Kier molecular flexibility index (Phi) is 64.0. The van der Waals surface area contributed by atoms with E-state index in [1.165, 1.54) is 180 Å². The van der Waals surface area contributed by atoms with Gasteiger partial charge in [0.15, 0.2) is 12.2 Å². The van der Waals surface area contributed by atoms with Crippen LogP contribution in [0.4, 0.5) is 0 Å². The summed E-state index contributed by atoms with van der Waals surface area (Å²) in [5.41, 5.74) is 0. The number of aliphatic hydroxyl groups is 1. The summed E-state index contributed by atoms with van der Waals surface area (Å²) in [6.07, 6.45) is 50.1. The van der Waals surface area contributed by atoms with Crippen molar-refractivity contribution in [2.75, 3.05) is 39.6 Å². The fraction of sp³-hybridized carbons (Fsp3) is 0.947. The molecule has 0 fully saturated rings. The molecule has 0 aliphatic carbocycles. The van der Waals surface area contributed by atoms with E-state index in [1.807, 2.05) is 0 Å². The van der Waals surface area contributed by atoms with Crippen LogP contribution in [0, 0.1) is 23.7 Å². The second kappa shape index (κ2) is 65.4. The van der Waals surface area contributed by atoms with E-state index in [1.54, 1.807) is 0 Å². The van der Waals surface area contributed by atoms with Crippen molar-refractivity contribution in [2.45, 2.75) is 401 Å². The van der Waals surface area contributed by atoms with Gasteiger partial charge in [-0.05, 0) is 49.4 Å². The molecule has 0 bridgehead atoms. The number of phosphoric ester groups is 2. The number of ether oxygens (including phenoxy) is 4. The molecule has 0 heterocycles. The Bertz CT molecular complexity index is 1870. The highest BCUT2D eigenvalue weighted by atomic mass is 31.2. The fourth-order valence-electron chi connectivity index (χ4n) is 11.6. The average Bonchev–Trinajstić information content (AvgIpc) is 1.44. The molecule has 3 unspecified atom stereocenters. The molecule has 0 rings (SSSR count). The van der Waals surface area contributed by atoms with Crippen LogP contribution in [-0.4, -0.2) is 96.7 Å². The zero-order chi connectivity index (χ0) is 70.3. The van der Waals surface area contributed by atoms with Crippen molar-refractivity contribution in [3.05, 3.63) is 0 Å². The summed E-state index contributed by atoms with van der Waals surface area (Å²) in [4.78, 5) is 72.8. The van der Waals surface area contributed by atoms with Gasteiger partial charge in [-0.2, -0.15) is 0 Å². The Labute approximate surface area is 581 Å². The molecule has 0 aliphatic heterocycles. The highest BCUT2D eigenvalue weighted by molar-refractivity contribution is 7.47. The third-order valence-corrected chi connectivity index (χ3v) is 19.5. The van der Waals surface area contributed by atoms with Crippen molar-refractivity contribution in [1.82, 2.24) is 0 Å². The fourth-order valence-corrected chi connectivity index (χ4v) is 13.1. The Morgan fingerprint density at radius 2 is 0.442 bits per heavy atom. The van der Waals surface area contributed by atoms with Gasteiger partial charge in [-0.15, -0.1) is 0 Å². The summed E-state index contributed by atoms with van der Waals surface area (Å²) < 4.78 is 68.5. The molecule has 0 spiro atoms. The number of unbranched alkanes of at least 4 members (excludes halogenated alkanes) is 39. The lowest BCUT2D eigenvalue weighted by Crippen LogP contribution is -2.30. The number of phosphoric acid groups is 2.